The Morgan fingerprint density at radius 3 is 2.29 bits per heavy atom. The van der Waals surface area contributed by atoms with Crippen LogP contribution in [0.3, 0.4) is 0 Å². The number of nitrogens with zero attached hydrogens (tertiary/aromatic N) is 2. The van der Waals surface area contributed by atoms with Crippen molar-refractivity contribution in [2.24, 2.45) is 0 Å². The predicted octanol–water partition coefficient (Wildman–Crippen LogP) is -0.249. The summed E-state index contributed by atoms with van der Waals surface area (Å²) in [5.41, 5.74) is 7.53. The maximum Gasteiger partial charge on any atom is 1.00 e. The number of hydrogen-bond acceptors (Lipinski definition) is 1. The molecule has 0 N–H and O–H groups in total. The zero-order valence-corrected chi connectivity index (χ0v) is 5.09. The normalized spacial score (nSPS) is 5.29. The van der Waals surface area contributed by atoms with Crippen LogP contribution in [0.5, 0.6) is 0 Å². The fourth-order valence-corrected chi connectivity index (χ4v) is 0.0704. The number of hydrogen-bond donors (Lipinski definition) is 0. The van der Waals surface area contributed by atoms with Gasteiger partial charge < -0.3 is 15.1 Å². The van der Waals surface area contributed by atoms with Crippen molar-refractivity contribution in [3.63, 3.8) is 0 Å². The minimum Gasteiger partial charge on any atom is -0.407 e. The molecule has 0 amide bonds. The standard InChI is InChI=1S/C3H3N2O.Ag/c1-3(6)2-5-4;/h1H3;/q-1;+1. The van der Waals surface area contributed by atoms with Crippen molar-refractivity contribution < 1.29 is 32.0 Å². The summed E-state index contributed by atoms with van der Waals surface area (Å²) < 4.78 is 0. The van der Waals surface area contributed by atoms with Crippen LogP contribution in [0.2, 0.25) is 0 Å². The van der Waals surface area contributed by atoms with Crippen LogP contribution in [0.25, 0.3) is 5.53 Å². The van der Waals surface area contributed by atoms with E-state index in [0.717, 1.165) is 0 Å². The molecule has 0 rings (SSSR count). The Morgan fingerprint density at radius 1 is 1.86 bits per heavy atom. The van der Waals surface area contributed by atoms with Crippen LogP contribution in [0.15, 0.2) is 0 Å². The molecule has 0 aliphatic heterocycles. The quantitative estimate of drug-likeness (QED) is 0.185. The minimum atomic E-state index is -0.377. The van der Waals surface area contributed by atoms with Crippen LogP contribution in [-0.2, 0) is 27.2 Å². The first kappa shape index (κ1) is 9.92. The SMILES string of the molecule is CC(=O)[C-]=[N+]=[N-].[Ag+]. The molecular formula is C3H3AgN2O. The third-order valence-electron chi connectivity index (χ3n) is 0.207. The van der Waals surface area contributed by atoms with Gasteiger partial charge in [0.2, 0.25) is 0 Å². The second kappa shape index (κ2) is 5.79. The number of carbonyl (C=O) groups excluding carboxylic acids is 1. The summed E-state index contributed by atoms with van der Waals surface area (Å²) in [7, 11) is 0. The molecule has 0 aromatic heterocycles. The first-order chi connectivity index (χ1) is 2.77. The van der Waals surface area contributed by atoms with Gasteiger partial charge in [0.1, 0.15) is 0 Å². The van der Waals surface area contributed by atoms with E-state index in [0.29, 0.717) is 0 Å². The molecule has 0 unspecified atom stereocenters. The van der Waals surface area contributed by atoms with Crippen LogP contribution in [0, 0.1) is 0 Å². The zero-order chi connectivity index (χ0) is 4.99. The molecule has 0 fully saturated rings. The molecule has 0 heterocycles. The Labute approximate surface area is 56.8 Å². The first-order valence-electron chi connectivity index (χ1n) is 1.38. The average molecular weight is 191 g/mol. The Hall–Kier alpha value is -0.210. The molecule has 4 heteroatoms. The van der Waals surface area contributed by atoms with E-state index < -0.39 is 0 Å². The zero-order valence-electron chi connectivity index (χ0n) is 3.60. The smallest absolute Gasteiger partial charge is 0.407 e. The second-order valence-electron chi connectivity index (χ2n) is 0.768. The summed E-state index contributed by atoms with van der Waals surface area (Å²) in [5.74, 6) is -0.377. The number of ketones is 1. The average Bonchev–Trinajstić information content (AvgIpc) is 1.35. The van der Waals surface area contributed by atoms with Crippen molar-refractivity contribution in [2.45, 2.75) is 6.92 Å². The van der Waals surface area contributed by atoms with Gasteiger partial charge in [0, 0.05) is 6.21 Å². The molecule has 0 aromatic rings. The molecule has 0 atom stereocenters. The summed E-state index contributed by atoms with van der Waals surface area (Å²) >= 11 is 0. The maximum atomic E-state index is 9.68. The van der Waals surface area contributed by atoms with Gasteiger partial charge in [-0.15, -0.1) is 0 Å². The predicted molar refractivity (Wildman–Crippen MR) is 19.3 cm³/mol. The summed E-state index contributed by atoms with van der Waals surface area (Å²) in [6.45, 7) is 1.25. The molecular weight excluding hydrogens is 188 g/mol. The van der Waals surface area contributed by atoms with Crippen LogP contribution in [-0.4, -0.2) is 16.8 Å². The minimum absolute atomic E-state index is 0. The Kier molecular flexibility index (Phi) is 8.21. The Balaban J connectivity index is 0. The second-order valence-corrected chi connectivity index (χ2v) is 0.768. The molecule has 0 aromatic carbocycles. The van der Waals surface area contributed by atoms with Crippen LogP contribution in [0.4, 0.5) is 0 Å². The van der Waals surface area contributed by atoms with E-state index in [1.807, 2.05) is 0 Å². The Bertz CT molecular complexity index is 106. The van der Waals surface area contributed by atoms with E-state index in [-0.39, 0.29) is 28.2 Å². The van der Waals surface area contributed by atoms with Gasteiger partial charge in [-0.25, -0.2) is 0 Å². The first-order valence-corrected chi connectivity index (χ1v) is 1.38. The molecule has 0 bridgehead atoms. The molecule has 0 aliphatic carbocycles. The summed E-state index contributed by atoms with van der Waals surface area (Å²) in [4.78, 5) is 12.0. The molecule has 0 spiro atoms. The van der Waals surface area contributed by atoms with E-state index in [4.69, 9.17) is 5.53 Å². The number of carbonyl (C=O) groups is 1. The number of Topliss-reactive ketones (excluding diaryl/α,β-unsaturated/α-hetero) is 1. The van der Waals surface area contributed by atoms with Crippen molar-refractivity contribution in [1.82, 2.24) is 0 Å². The van der Waals surface area contributed by atoms with E-state index >= 15 is 0 Å². The maximum absolute atomic E-state index is 9.68. The largest absolute Gasteiger partial charge is 1.00 e. The Morgan fingerprint density at radius 2 is 2.29 bits per heavy atom. The third-order valence-corrected chi connectivity index (χ3v) is 0.207. The van der Waals surface area contributed by atoms with E-state index in [1.54, 1.807) is 6.21 Å². The van der Waals surface area contributed by atoms with Crippen molar-refractivity contribution in [2.75, 3.05) is 0 Å². The van der Waals surface area contributed by atoms with Gasteiger partial charge in [0.25, 0.3) is 0 Å². The van der Waals surface area contributed by atoms with Gasteiger partial charge in [0.15, 0.2) is 0 Å². The van der Waals surface area contributed by atoms with E-state index in [9.17, 15) is 4.79 Å². The molecule has 7 heavy (non-hydrogen) atoms. The molecule has 0 aliphatic rings. The van der Waals surface area contributed by atoms with Crippen LogP contribution < -0.4 is 0 Å². The summed E-state index contributed by atoms with van der Waals surface area (Å²) in [5, 5.41) is 0. The van der Waals surface area contributed by atoms with Crippen LogP contribution in [0.1, 0.15) is 6.92 Å². The number of rotatable bonds is 1. The van der Waals surface area contributed by atoms with Gasteiger partial charge in [-0.2, -0.15) is 0 Å². The summed E-state index contributed by atoms with van der Waals surface area (Å²) in [6.07, 6.45) is 1.75. The molecule has 3 nitrogen and oxygen atoms in total. The van der Waals surface area contributed by atoms with Crippen molar-refractivity contribution >= 4 is 12.0 Å². The summed E-state index contributed by atoms with van der Waals surface area (Å²) in [6, 6.07) is 0. The van der Waals surface area contributed by atoms with Gasteiger partial charge in [-0.1, -0.05) is 0 Å². The third kappa shape index (κ3) is 10.7. The van der Waals surface area contributed by atoms with Gasteiger partial charge in [-0.3, -0.25) is 0 Å². The molecule has 0 saturated heterocycles. The fourth-order valence-electron chi connectivity index (χ4n) is 0.0704. The van der Waals surface area contributed by atoms with Crippen molar-refractivity contribution in [3.05, 3.63) is 5.53 Å². The van der Waals surface area contributed by atoms with E-state index in [1.165, 1.54) is 6.92 Å². The molecule has 0 radical (unpaired) electrons. The molecule has 0 saturated carbocycles. The topological polar surface area (TPSA) is 53.5 Å². The van der Waals surface area contributed by atoms with Crippen molar-refractivity contribution in [3.8, 4) is 0 Å². The van der Waals surface area contributed by atoms with Crippen LogP contribution >= 0.6 is 0 Å². The monoisotopic (exact) mass is 190 g/mol. The van der Waals surface area contributed by atoms with Crippen molar-refractivity contribution in [1.29, 1.82) is 0 Å². The van der Waals surface area contributed by atoms with E-state index in [2.05, 4.69) is 4.79 Å². The van der Waals surface area contributed by atoms with Gasteiger partial charge in [0.05, 0.1) is 5.78 Å². The molecule has 42 valence electrons. The van der Waals surface area contributed by atoms with Gasteiger partial charge >= 0.3 is 22.4 Å². The fraction of sp³-hybridized carbons (Fsp3) is 0.333. The van der Waals surface area contributed by atoms with Gasteiger partial charge in [-0.05, 0) is 6.92 Å².